The van der Waals surface area contributed by atoms with E-state index in [1.165, 1.54) is 0 Å². The van der Waals surface area contributed by atoms with Crippen LogP contribution in [0.1, 0.15) is 75.2 Å². The molecule has 2 aliphatic carbocycles. The maximum Gasteiger partial charge on any atom is 0.317 e. The number of likely N-dealkylation sites (N-methyl/N-ethyl adjacent to an activating group) is 1. The van der Waals surface area contributed by atoms with Crippen molar-refractivity contribution in [2.24, 2.45) is 11.3 Å². The third-order valence-corrected chi connectivity index (χ3v) is 8.34. The molecule has 0 radical (unpaired) electrons. The molecule has 2 aliphatic heterocycles. The lowest BCUT2D eigenvalue weighted by atomic mass is 9.57. The fourth-order valence-corrected chi connectivity index (χ4v) is 6.65. The van der Waals surface area contributed by atoms with Crippen molar-refractivity contribution in [2.45, 2.75) is 82.6 Å². The lowest BCUT2D eigenvalue weighted by Gasteiger charge is -2.51. The summed E-state index contributed by atoms with van der Waals surface area (Å²) in [6, 6.07) is 2.10. The Morgan fingerprint density at radius 1 is 1.15 bits per heavy atom. The van der Waals surface area contributed by atoms with Crippen LogP contribution in [-0.4, -0.2) is 71.2 Å². The Morgan fingerprint density at radius 2 is 1.91 bits per heavy atom. The van der Waals surface area contributed by atoms with Crippen LogP contribution in [0.15, 0.2) is 12.3 Å². The molecule has 5 rings (SSSR count). The molecule has 1 aromatic heterocycles. The van der Waals surface area contributed by atoms with Crippen molar-refractivity contribution in [3.8, 4) is 6.01 Å². The summed E-state index contributed by atoms with van der Waals surface area (Å²) < 4.78 is 18.2. The number of Topliss-reactive ketones (excluding diaryl/α,β-unsaturated/α-hetero) is 2. The molecule has 2 spiro atoms. The summed E-state index contributed by atoms with van der Waals surface area (Å²) in [7, 11) is 2.10. The summed E-state index contributed by atoms with van der Waals surface area (Å²) in [6.45, 7) is 4.09. The van der Waals surface area contributed by atoms with Crippen molar-refractivity contribution in [1.82, 2.24) is 14.9 Å². The van der Waals surface area contributed by atoms with Gasteiger partial charge in [-0.05, 0) is 65.1 Å². The monoisotopic (exact) mass is 457 g/mol. The van der Waals surface area contributed by atoms with Gasteiger partial charge in [-0.1, -0.05) is 12.8 Å². The summed E-state index contributed by atoms with van der Waals surface area (Å²) >= 11 is 0. The van der Waals surface area contributed by atoms with Crippen LogP contribution in [0.5, 0.6) is 6.01 Å². The highest BCUT2D eigenvalue weighted by Crippen LogP contribution is 2.56. The van der Waals surface area contributed by atoms with Crippen LogP contribution in [0.25, 0.3) is 0 Å². The van der Waals surface area contributed by atoms with Gasteiger partial charge in [-0.25, -0.2) is 4.98 Å². The third kappa shape index (κ3) is 3.90. The molecule has 0 aromatic carbocycles. The molecule has 8 nitrogen and oxygen atoms in total. The number of nitrogens with zero attached hydrogens (tertiary/aromatic N) is 3. The number of carbonyl (C=O) groups is 2. The molecule has 0 bridgehead atoms. The van der Waals surface area contributed by atoms with E-state index in [1.807, 2.05) is 6.92 Å². The van der Waals surface area contributed by atoms with Crippen LogP contribution in [0.4, 0.5) is 0 Å². The van der Waals surface area contributed by atoms with Crippen molar-refractivity contribution in [3.05, 3.63) is 18.0 Å². The summed E-state index contributed by atoms with van der Waals surface area (Å²) in [4.78, 5) is 38.4. The van der Waals surface area contributed by atoms with Crippen molar-refractivity contribution >= 4 is 11.6 Å². The number of hydrogen-bond acceptors (Lipinski definition) is 8. The number of aromatic nitrogens is 2. The predicted molar refractivity (Wildman–Crippen MR) is 120 cm³/mol. The second-order valence-electron chi connectivity index (χ2n) is 10.1. The number of fused-ring (bicyclic) bond motifs is 1. The van der Waals surface area contributed by atoms with E-state index < -0.39 is 17.1 Å². The molecule has 1 aromatic rings. The van der Waals surface area contributed by atoms with Crippen LogP contribution in [0.3, 0.4) is 0 Å². The summed E-state index contributed by atoms with van der Waals surface area (Å²) in [6.07, 6.45) is 9.13. The molecule has 4 aliphatic rings. The zero-order chi connectivity index (χ0) is 23.1. The first-order chi connectivity index (χ1) is 16.0. The van der Waals surface area contributed by atoms with Gasteiger partial charge in [0.25, 0.3) is 0 Å². The normalized spacial score (nSPS) is 33.0. The van der Waals surface area contributed by atoms with Gasteiger partial charge in [0.2, 0.25) is 0 Å². The lowest BCUT2D eigenvalue weighted by molar-refractivity contribution is -0.255. The Balaban J connectivity index is 1.35. The number of carbonyl (C=O) groups excluding carboxylic acids is 2. The molecular weight excluding hydrogens is 422 g/mol. The first-order valence-electron chi connectivity index (χ1n) is 12.5. The van der Waals surface area contributed by atoms with Gasteiger partial charge in [0.1, 0.15) is 11.8 Å². The van der Waals surface area contributed by atoms with E-state index in [4.69, 9.17) is 14.2 Å². The van der Waals surface area contributed by atoms with Crippen LogP contribution < -0.4 is 4.74 Å². The maximum absolute atomic E-state index is 13.9. The third-order valence-electron chi connectivity index (χ3n) is 8.34. The molecule has 4 fully saturated rings. The average molecular weight is 458 g/mol. The van der Waals surface area contributed by atoms with Crippen LogP contribution in [0.2, 0.25) is 0 Å². The summed E-state index contributed by atoms with van der Waals surface area (Å²) in [5.41, 5.74) is -0.477. The van der Waals surface area contributed by atoms with Gasteiger partial charge in [-0.15, -0.1) is 0 Å². The van der Waals surface area contributed by atoms with Gasteiger partial charge >= 0.3 is 6.01 Å². The maximum atomic E-state index is 13.9. The zero-order valence-corrected chi connectivity index (χ0v) is 19.8. The second-order valence-corrected chi connectivity index (χ2v) is 10.1. The van der Waals surface area contributed by atoms with Crippen LogP contribution in [0, 0.1) is 11.3 Å². The van der Waals surface area contributed by atoms with E-state index in [0.717, 1.165) is 57.9 Å². The van der Waals surface area contributed by atoms with E-state index in [1.54, 1.807) is 12.3 Å². The Kier molecular flexibility index (Phi) is 6.27. The highest BCUT2D eigenvalue weighted by atomic mass is 16.7. The molecule has 33 heavy (non-hydrogen) atoms. The highest BCUT2D eigenvalue weighted by Gasteiger charge is 2.63. The first-order valence-corrected chi connectivity index (χ1v) is 12.5. The van der Waals surface area contributed by atoms with Crippen molar-refractivity contribution in [3.63, 3.8) is 0 Å². The van der Waals surface area contributed by atoms with Crippen molar-refractivity contribution < 1.29 is 23.8 Å². The highest BCUT2D eigenvalue weighted by molar-refractivity contribution is 6.12. The summed E-state index contributed by atoms with van der Waals surface area (Å²) in [5.74, 6) is -1.84. The molecule has 2 saturated carbocycles. The topological polar surface area (TPSA) is 90.8 Å². The van der Waals surface area contributed by atoms with E-state index in [2.05, 4.69) is 21.9 Å². The first kappa shape index (κ1) is 22.9. The van der Waals surface area contributed by atoms with Crippen LogP contribution in [-0.2, 0) is 14.3 Å². The lowest BCUT2D eigenvalue weighted by Crippen LogP contribution is -2.60. The molecule has 4 atom stereocenters. The van der Waals surface area contributed by atoms with E-state index in [-0.39, 0.29) is 29.4 Å². The Labute approximate surface area is 195 Å². The van der Waals surface area contributed by atoms with Gasteiger partial charge in [0, 0.05) is 18.7 Å². The fraction of sp³-hybridized carbons (Fsp3) is 0.760. The number of hydrogen-bond donors (Lipinski definition) is 0. The van der Waals surface area contributed by atoms with Gasteiger partial charge in [-0.3, -0.25) is 14.5 Å². The second kappa shape index (κ2) is 9.04. The molecule has 0 N–H and O–H groups in total. The standard InChI is InChI=1S/C25H35N3O5/c1-17(20-8-6-14-28(20)2)33-23-26-13-9-19(27-23)21(29)18-7-5-11-24(22(18)30)10-3-4-12-25(24)31-15-16-32-25/h9,13,17-18,20H,3-8,10-12,14-16H2,1-2H3/t17-,18?,20-,24-/m0/s1. The molecule has 3 heterocycles. The minimum absolute atomic E-state index is 0.0256. The van der Waals surface area contributed by atoms with Gasteiger partial charge < -0.3 is 14.2 Å². The Bertz CT molecular complexity index is 898. The van der Waals surface area contributed by atoms with Crippen molar-refractivity contribution in [1.29, 1.82) is 0 Å². The minimum atomic E-state index is -0.857. The molecule has 1 unspecified atom stereocenters. The van der Waals surface area contributed by atoms with Gasteiger partial charge in [-0.2, -0.15) is 4.98 Å². The molecule has 8 heteroatoms. The van der Waals surface area contributed by atoms with E-state index in [0.29, 0.717) is 25.7 Å². The number of rotatable bonds is 5. The summed E-state index contributed by atoms with van der Waals surface area (Å²) in [5, 5.41) is 0. The quantitative estimate of drug-likeness (QED) is 0.492. The van der Waals surface area contributed by atoms with Gasteiger partial charge in [0.05, 0.1) is 24.5 Å². The number of ketones is 2. The molecule has 180 valence electrons. The zero-order valence-electron chi connectivity index (χ0n) is 19.8. The van der Waals surface area contributed by atoms with Crippen LogP contribution >= 0.6 is 0 Å². The smallest absolute Gasteiger partial charge is 0.317 e. The largest absolute Gasteiger partial charge is 0.459 e. The molecular formula is C25H35N3O5. The van der Waals surface area contributed by atoms with E-state index in [9.17, 15) is 9.59 Å². The Hall–Kier alpha value is -1.90. The van der Waals surface area contributed by atoms with Crippen molar-refractivity contribution in [2.75, 3.05) is 26.8 Å². The Morgan fingerprint density at radius 3 is 2.67 bits per heavy atom. The molecule has 2 saturated heterocycles. The predicted octanol–water partition coefficient (Wildman–Crippen LogP) is 3.19. The SMILES string of the molecule is C[C@H](Oc1nccc(C(=O)C2CCC[C@@]3(CCCCC34OCCO4)C2=O)n1)[C@@H]1CCCN1C. The molecule has 0 amide bonds. The van der Waals surface area contributed by atoms with Gasteiger partial charge in [0.15, 0.2) is 17.4 Å². The number of ether oxygens (including phenoxy) is 3. The van der Waals surface area contributed by atoms with E-state index >= 15 is 0 Å². The fourth-order valence-electron chi connectivity index (χ4n) is 6.65. The number of likely N-dealkylation sites (tertiary alicyclic amines) is 1. The average Bonchev–Trinajstić information content (AvgIpc) is 3.47. The minimum Gasteiger partial charge on any atom is -0.459 e.